The minimum atomic E-state index is -0.219. The van der Waals surface area contributed by atoms with Crippen LogP contribution in [0.15, 0.2) is 59.6 Å². The van der Waals surface area contributed by atoms with Crippen LogP contribution in [0.25, 0.3) is 0 Å². The highest BCUT2D eigenvalue weighted by atomic mass is 16.5. The van der Waals surface area contributed by atoms with Gasteiger partial charge in [0.15, 0.2) is 0 Å². The molecular formula is C16H17NO2. The zero-order valence-corrected chi connectivity index (χ0v) is 10.9. The number of aliphatic hydroxyl groups excluding tert-OH is 1. The van der Waals surface area contributed by atoms with E-state index in [4.69, 9.17) is 4.74 Å². The standard InChI is InChI=1S/C16H17NO2/c1-19-15-9-7-13(8-10-15)11-17-16(12-18)14-5-3-2-4-6-14/h2-11,16,18H,12H2,1H3/t16-/m1/s1. The summed E-state index contributed by atoms with van der Waals surface area (Å²) in [7, 11) is 1.64. The zero-order chi connectivity index (χ0) is 13.5. The maximum atomic E-state index is 9.41. The summed E-state index contributed by atoms with van der Waals surface area (Å²) in [5, 5.41) is 9.41. The summed E-state index contributed by atoms with van der Waals surface area (Å²) >= 11 is 0. The summed E-state index contributed by atoms with van der Waals surface area (Å²) in [5.41, 5.74) is 1.99. The number of hydrogen-bond donors (Lipinski definition) is 1. The van der Waals surface area contributed by atoms with E-state index in [0.717, 1.165) is 16.9 Å². The normalized spacial score (nSPS) is 12.5. The van der Waals surface area contributed by atoms with E-state index in [1.807, 2.05) is 54.6 Å². The van der Waals surface area contributed by atoms with Gasteiger partial charge in [-0.15, -0.1) is 0 Å². The summed E-state index contributed by atoms with van der Waals surface area (Å²) < 4.78 is 5.10. The fourth-order valence-corrected chi connectivity index (χ4v) is 1.78. The van der Waals surface area contributed by atoms with Gasteiger partial charge >= 0.3 is 0 Å². The fraction of sp³-hybridized carbons (Fsp3) is 0.188. The Morgan fingerprint density at radius 1 is 1.11 bits per heavy atom. The SMILES string of the molecule is COc1ccc(C=N[C@H](CO)c2ccccc2)cc1. The minimum Gasteiger partial charge on any atom is -0.497 e. The first-order chi connectivity index (χ1) is 9.33. The largest absolute Gasteiger partial charge is 0.497 e. The molecule has 0 aliphatic heterocycles. The summed E-state index contributed by atoms with van der Waals surface area (Å²) in [4.78, 5) is 4.42. The van der Waals surface area contributed by atoms with E-state index in [-0.39, 0.29) is 12.6 Å². The maximum absolute atomic E-state index is 9.41. The van der Waals surface area contributed by atoms with Crippen molar-refractivity contribution in [2.45, 2.75) is 6.04 Å². The number of ether oxygens (including phenoxy) is 1. The molecule has 0 aromatic heterocycles. The van der Waals surface area contributed by atoms with Crippen LogP contribution in [0.4, 0.5) is 0 Å². The molecule has 1 atom stereocenters. The Morgan fingerprint density at radius 2 is 1.79 bits per heavy atom. The molecule has 0 unspecified atom stereocenters. The third kappa shape index (κ3) is 3.66. The molecule has 0 radical (unpaired) electrons. The van der Waals surface area contributed by atoms with Gasteiger partial charge in [0.25, 0.3) is 0 Å². The molecule has 0 aliphatic carbocycles. The van der Waals surface area contributed by atoms with Crippen LogP contribution in [0.1, 0.15) is 17.2 Å². The molecule has 0 spiro atoms. The van der Waals surface area contributed by atoms with Gasteiger partial charge in [-0.3, -0.25) is 4.99 Å². The van der Waals surface area contributed by atoms with Gasteiger partial charge < -0.3 is 9.84 Å². The molecule has 3 nitrogen and oxygen atoms in total. The first kappa shape index (κ1) is 13.3. The third-order valence-corrected chi connectivity index (χ3v) is 2.88. The van der Waals surface area contributed by atoms with E-state index in [1.54, 1.807) is 13.3 Å². The van der Waals surface area contributed by atoms with Gasteiger partial charge in [0.1, 0.15) is 5.75 Å². The van der Waals surface area contributed by atoms with E-state index in [9.17, 15) is 5.11 Å². The molecule has 1 N–H and O–H groups in total. The van der Waals surface area contributed by atoms with E-state index in [2.05, 4.69) is 4.99 Å². The van der Waals surface area contributed by atoms with Crippen molar-refractivity contribution in [3.05, 3.63) is 65.7 Å². The topological polar surface area (TPSA) is 41.8 Å². The lowest BCUT2D eigenvalue weighted by Crippen LogP contribution is -2.01. The molecule has 2 aromatic rings. The van der Waals surface area contributed by atoms with Crippen LogP contribution in [-0.2, 0) is 0 Å². The van der Waals surface area contributed by atoms with Crippen LogP contribution in [0, 0.1) is 0 Å². The lowest BCUT2D eigenvalue weighted by atomic mass is 10.1. The quantitative estimate of drug-likeness (QED) is 0.835. The van der Waals surface area contributed by atoms with Crippen molar-refractivity contribution in [2.75, 3.05) is 13.7 Å². The number of methoxy groups -OCH3 is 1. The molecule has 0 fully saturated rings. The van der Waals surface area contributed by atoms with Gasteiger partial charge in [0, 0.05) is 6.21 Å². The number of nitrogens with zero attached hydrogens (tertiary/aromatic N) is 1. The van der Waals surface area contributed by atoms with E-state index in [0.29, 0.717) is 0 Å². The molecule has 0 saturated carbocycles. The highest BCUT2D eigenvalue weighted by Gasteiger charge is 2.06. The molecule has 0 bridgehead atoms. The zero-order valence-electron chi connectivity index (χ0n) is 10.9. The van der Waals surface area contributed by atoms with Gasteiger partial charge in [-0.25, -0.2) is 0 Å². The molecule has 2 aromatic carbocycles. The van der Waals surface area contributed by atoms with Crippen molar-refractivity contribution in [3.8, 4) is 5.75 Å². The summed E-state index contributed by atoms with van der Waals surface area (Å²) in [6, 6.07) is 17.2. The average Bonchev–Trinajstić information content (AvgIpc) is 2.49. The number of hydrogen-bond acceptors (Lipinski definition) is 3. The molecule has 19 heavy (non-hydrogen) atoms. The molecule has 3 heteroatoms. The van der Waals surface area contributed by atoms with Crippen LogP contribution in [0.2, 0.25) is 0 Å². The van der Waals surface area contributed by atoms with Gasteiger partial charge in [-0.05, 0) is 35.4 Å². The minimum absolute atomic E-state index is 0.00331. The molecule has 2 rings (SSSR count). The first-order valence-corrected chi connectivity index (χ1v) is 6.16. The predicted octanol–water partition coefficient (Wildman–Crippen LogP) is 2.85. The highest BCUT2D eigenvalue weighted by molar-refractivity contribution is 5.80. The first-order valence-electron chi connectivity index (χ1n) is 6.16. The van der Waals surface area contributed by atoms with E-state index >= 15 is 0 Å². The monoisotopic (exact) mass is 255 g/mol. The third-order valence-electron chi connectivity index (χ3n) is 2.88. The number of aliphatic imine (C=N–C) groups is 1. The second-order valence-electron chi connectivity index (χ2n) is 4.16. The number of rotatable bonds is 5. The molecule has 0 amide bonds. The van der Waals surface area contributed by atoms with Crippen molar-refractivity contribution in [2.24, 2.45) is 4.99 Å². The highest BCUT2D eigenvalue weighted by Crippen LogP contribution is 2.16. The van der Waals surface area contributed by atoms with Gasteiger partial charge in [0.05, 0.1) is 19.8 Å². The molecular weight excluding hydrogens is 238 g/mol. The number of benzene rings is 2. The van der Waals surface area contributed by atoms with E-state index < -0.39 is 0 Å². The van der Waals surface area contributed by atoms with E-state index in [1.165, 1.54) is 0 Å². The second-order valence-corrected chi connectivity index (χ2v) is 4.16. The Labute approximate surface area is 113 Å². The Bertz CT molecular complexity index is 520. The Balaban J connectivity index is 2.11. The summed E-state index contributed by atoms with van der Waals surface area (Å²) in [6.07, 6.45) is 1.77. The lowest BCUT2D eigenvalue weighted by molar-refractivity contribution is 0.269. The summed E-state index contributed by atoms with van der Waals surface area (Å²) in [6.45, 7) is -0.00331. The fourth-order valence-electron chi connectivity index (χ4n) is 1.78. The number of aliphatic hydroxyl groups is 1. The maximum Gasteiger partial charge on any atom is 0.118 e. The smallest absolute Gasteiger partial charge is 0.118 e. The van der Waals surface area contributed by atoms with Crippen molar-refractivity contribution in [1.29, 1.82) is 0 Å². The van der Waals surface area contributed by atoms with Gasteiger partial charge in [-0.2, -0.15) is 0 Å². The second kappa shape index (κ2) is 6.71. The average molecular weight is 255 g/mol. The van der Waals surface area contributed by atoms with Crippen molar-refractivity contribution in [1.82, 2.24) is 0 Å². The Kier molecular flexibility index (Phi) is 4.70. The predicted molar refractivity (Wildman–Crippen MR) is 76.9 cm³/mol. The Morgan fingerprint density at radius 3 is 2.37 bits per heavy atom. The van der Waals surface area contributed by atoms with Crippen molar-refractivity contribution in [3.63, 3.8) is 0 Å². The van der Waals surface area contributed by atoms with Crippen LogP contribution in [0.3, 0.4) is 0 Å². The van der Waals surface area contributed by atoms with Crippen LogP contribution >= 0.6 is 0 Å². The van der Waals surface area contributed by atoms with Crippen molar-refractivity contribution < 1.29 is 9.84 Å². The lowest BCUT2D eigenvalue weighted by Gasteiger charge is -2.09. The van der Waals surface area contributed by atoms with Gasteiger partial charge in [0.2, 0.25) is 0 Å². The van der Waals surface area contributed by atoms with Gasteiger partial charge in [-0.1, -0.05) is 30.3 Å². The van der Waals surface area contributed by atoms with Crippen LogP contribution < -0.4 is 4.74 Å². The van der Waals surface area contributed by atoms with Crippen LogP contribution in [0.5, 0.6) is 5.75 Å². The molecule has 0 aliphatic rings. The Hall–Kier alpha value is -2.13. The van der Waals surface area contributed by atoms with Crippen molar-refractivity contribution >= 4 is 6.21 Å². The van der Waals surface area contributed by atoms with Crippen LogP contribution in [-0.4, -0.2) is 25.0 Å². The summed E-state index contributed by atoms with van der Waals surface area (Å²) in [5.74, 6) is 0.818. The molecule has 0 saturated heterocycles. The molecule has 98 valence electrons. The molecule has 0 heterocycles.